The molecule has 0 heterocycles. The van der Waals surface area contributed by atoms with Crippen molar-refractivity contribution < 1.29 is 4.74 Å². The van der Waals surface area contributed by atoms with E-state index in [2.05, 4.69) is 53.9 Å². The predicted octanol–water partition coefficient (Wildman–Crippen LogP) is 7.62. The molecule has 0 atom stereocenters. The van der Waals surface area contributed by atoms with E-state index in [1.807, 2.05) is 72.8 Å². The lowest BCUT2D eigenvalue weighted by Crippen LogP contribution is -1.97. The first-order chi connectivity index (χ1) is 13.0. The topological polar surface area (TPSA) is 33.0 Å². The second-order valence-corrected chi connectivity index (χ2v) is 8.52. The number of rotatable bonds is 5. The van der Waals surface area contributed by atoms with Gasteiger partial charge >= 0.3 is 0 Å². The highest BCUT2D eigenvalue weighted by Gasteiger charge is 2.07. The monoisotopic (exact) mass is 545 g/mol. The lowest BCUT2D eigenvalue weighted by Gasteiger charge is -2.11. The van der Waals surface area contributed by atoms with Gasteiger partial charge in [0.15, 0.2) is 0 Å². The van der Waals surface area contributed by atoms with Gasteiger partial charge in [-0.2, -0.15) is 5.26 Å². The summed E-state index contributed by atoms with van der Waals surface area (Å²) in [7, 11) is 0. The number of nitriles is 1. The van der Waals surface area contributed by atoms with Crippen molar-refractivity contribution >= 4 is 59.4 Å². The van der Waals surface area contributed by atoms with Crippen LogP contribution in [0.2, 0.25) is 0 Å². The van der Waals surface area contributed by atoms with Crippen LogP contribution in [-0.4, -0.2) is 0 Å². The molecule has 27 heavy (non-hydrogen) atoms. The van der Waals surface area contributed by atoms with Gasteiger partial charge in [-0.3, -0.25) is 0 Å². The van der Waals surface area contributed by atoms with Crippen molar-refractivity contribution in [3.05, 3.63) is 96.8 Å². The van der Waals surface area contributed by atoms with E-state index in [0.29, 0.717) is 12.2 Å². The second-order valence-electron chi connectivity index (χ2n) is 5.77. The van der Waals surface area contributed by atoms with Crippen molar-refractivity contribution in [3.63, 3.8) is 0 Å². The van der Waals surface area contributed by atoms with Crippen LogP contribution in [0.25, 0.3) is 11.6 Å². The molecule has 3 aromatic rings. The number of halogens is 3. The highest BCUT2D eigenvalue weighted by molar-refractivity contribution is 9.11. The summed E-state index contributed by atoms with van der Waals surface area (Å²) in [5.74, 6) is 0.728. The molecule has 0 radical (unpaired) electrons. The molecule has 0 aliphatic rings. The summed E-state index contributed by atoms with van der Waals surface area (Å²) < 4.78 is 8.96. The van der Waals surface area contributed by atoms with E-state index in [1.165, 1.54) is 0 Å². The number of benzene rings is 3. The van der Waals surface area contributed by atoms with Crippen LogP contribution in [-0.2, 0) is 6.61 Å². The molecule has 3 rings (SSSR count). The van der Waals surface area contributed by atoms with Crippen molar-refractivity contribution in [2.75, 3.05) is 0 Å². The van der Waals surface area contributed by atoms with Gasteiger partial charge in [-0.25, -0.2) is 0 Å². The number of nitrogens with zero attached hydrogens (tertiary/aromatic N) is 1. The summed E-state index contributed by atoms with van der Waals surface area (Å²) in [5.41, 5.74) is 3.36. The van der Waals surface area contributed by atoms with E-state index in [-0.39, 0.29) is 0 Å². The molecular formula is C22H14Br3NO. The molecule has 0 N–H and O–H groups in total. The average Bonchev–Trinajstić information content (AvgIpc) is 2.67. The highest BCUT2D eigenvalue weighted by atomic mass is 79.9. The molecule has 0 aromatic heterocycles. The van der Waals surface area contributed by atoms with Crippen LogP contribution in [0, 0.1) is 11.3 Å². The minimum Gasteiger partial charge on any atom is -0.488 e. The Morgan fingerprint density at radius 1 is 0.852 bits per heavy atom. The summed E-state index contributed by atoms with van der Waals surface area (Å²) >= 11 is 10.4. The summed E-state index contributed by atoms with van der Waals surface area (Å²) in [5, 5.41) is 9.62. The Labute approximate surface area is 183 Å². The lowest BCUT2D eigenvalue weighted by atomic mass is 10.0. The first-order valence-corrected chi connectivity index (χ1v) is 10.5. The molecule has 3 aromatic carbocycles. The number of hydrogen-bond donors (Lipinski definition) is 0. The molecule has 0 saturated heterocycles. The average molecular weight is 548 g/mol. The highest BCUT2D eigenvalue weighted by Crippen LogP contribution is 2.29. The normalized spacial score (nSPS) is 11.1. The zero-order valence-corrected chi connectivity index (χ0v) is 18.9. The Bertz CT molecular complexity index is 1000. The molecule has 0 unspecified atom stereocenters. The van der Waals surface area contributed by atoms with Crippen molar-refractivity contribution in [2.45, 2.75) is 6.61 Å². The molecule has 5 heteroatoms. The molecule has 0 amide bonds. The van der Waals surface area contributed by atoms with Crippen molar-refractivity contribution in [3.8, 4) is 11.8 Å². The van der Waals surface area contributed by atoms with E-state index in [0.717, 1.165) is 35.9 Å². The SMILES string of the molecule is N#C/C(=C\c1cc(Br)ccc1OCc1ccc(Br)cc1)c1ccc(Br)cc1. The van der Waals surface area contributed by atoms with E-state index < -0.39 is 0 Å². The third-order valence-corrected chi connectivity index (χ3v) is 5.41. The quantitative estimate of drug-likeness (QED) is 0.243. The van der Waals surface area contributed by atoms with E-state index >= 15 is 0 Å². The largest absolute Gasteiger partial charge is 0.488 e. The van der Waals surface area contributed by atoms with E-state index in [9.17, 15) is 5.26 Å². The molecular weight excluding hydrogens is 534 g/mol. The van der Waals surface area contributed by atoms with Crippen LogP contribution in [0.15, 0.2) is 80.1 Å². The van der Waals surface area contributed by atoms with Gasteiger partial charge in [-0.1, -0.05) is 72.1 Å². The van der Waals surface area contributed by atoms with Crippen LogP contribution >= 0.6 is 47.8 Å². The van der Waals surface area contributed by atoms with Crippen molar-refractivity contribution in [2.24, 2.45) is 0 Å². The Balaban J connectivity index is 1.89. The first-order valence-electron chi connectivity index (χ1n) is 8.10. The molecule has 0 aliphatic carbocycles. The zero-order chi connectivity index (χ0) is 19.2. The third kappa shape index (κ3) is 5.55. The van der Waals surface area contributed by atoms with Crippen molar-refractivity contribution in [1.29, 1.82) is 5.26 Å². The maximum absolute atomic E-state index is 9.62. The van der Waals surface area contributed by atoms with Gasteiger partial charge in [0.05, 0.1) is 11.6 Å². The van der Waals surface area contributed by atoms with Gasteiger partial charge in [0.25, 0.3) is 0 Å². The molecule has 0 fully saturated rings. The number of hydrogen-bond acceptors (Lipinski definition) is 2. The van der Waals surface area contributed by atoms with Crippen LogP contribution in [0.3, 0.4) is 0 Å². The Morgan fingerprint density at radius 3 is 2.07 bits per heavy atom. The molecule has 0 saturated carbocycles. The molecule has 0 bridgehead atoms. The Hall–Kier alpha value is -1.87. The van der Waals surface area contributed by atoms with E-state index in [4.69, 9.17) is 4.74 Å². The number of ether oxygens (including phenoxy) is 1. The van der Waals surface area contributed by atoms with Crippen LogP contribution in [0.5, 0.6) is 5.75 Å². The Kier molecular flexibility index (Phi) is 6.89. The lowest BCUT2D eigenvalue weighted by molar-refractivity contribution is 0.305. The van der Waals surface area contributed by atoms with E-state index in [1.54, 1.807) is 0 Å². The molecule has 134 valence electrons. The van der Waals surface area contributed by atoms with Crippen molar-refractivity contribution in [1.82, 2.24) is 0 Å². The second kappa shape index (κ2) is 9.36. The minimum atomic E-state index is 0.454. The van der Waals surface area contributed by atoms with Gasteiger partial charge < -0.3 is 4.74 Å². The summed E-state index contributed by atoms with van der Waals surface area (Å²) in [6.07, 6.45) is 1.85. The fraction of sp³-hybridized carbons (Fsp3) is 0.0455. The van der Waals surface area contributed by atoms with Gasteiger partial charge in [-0.05, 0) is 59.7 Å². The smallest absolute Gasteiger partial charge is 0.127 e. The standard InChI is InChI=1S/C22H14Br3NO/c23-19-5-1-15(2-6-19)14-27-22-10-9-21(25)12-17(22)11-18(13-26)16-3-7-20(24)8-4-16/h1-12H,14H2/b18-11+. The zero-order valence-electron chi connectivity index (χ0n) is 14.1. The Morgan fingerprint density at radius 2 is 1.44 bits per heavy atom. The van der Waals surface area contributed by atoms with Crippen LogP contribution < -0.4 is 4.74 Å². The number of allylic oxidation sites excluding steroid dienone is 1. The minimum absolute atomic E-state index is 0.454. The fourth-order valence-electron chi connectivity index (χ4n) is 2.47. The van der Waals surface area contributed by atoms with Gasteiger partial charge in [0.2, 0.25) is 0 Å². The fourth-order valence-corrected chi connectivity index (χ4v) is 3.38. The summed E-state index contributed by atoms with van der Waals surface area (Å²) in [6.45, 7) is 0.454. The van der Waals surface area contributed by atoms with Crippen LogP contribution in [0.1, 0.15) is 16.7 Å². The van der Waals surface area contributed by atoms with Crippen LogP contribution in [0.4, 0.5) is 0 Å². The molecule has 0 aliphatic heterocycles. The maximum atomic E-state index is 9.62. The summed E-state index contributed by atoms with van der Waals surface area (Å²) in [6, 6.07) is 23.8. The maximum Gasteiger partial charge on any atom is 0.127 e. The van der Waals surface area contributed by atoms with Gasteiger partial charge in [0, 0.05) is 19.0 Å². The molecule has 0 spiro atoms. The molecule has 2 nitrogen and oxygen atoms in total. The van der Waals surface area contributed by atoms with Gasteiger partial charge in [0.1, 0.15) is 12.4 Å². The van der Waals surface area contributed by atoms with Gasteiger partial charge in [-0.15, -0.1) is 0 Å². The first kappa shape index (κ1) is 19.9. The third-order valence-electron chi connectivity index (χ3n) is 3.85. The summed E-state index contributed by atoms with van der Waals surface area (Å²) in [4.78, 5) is 0. The predicted molar refractivity (Wildman–Crippen MR) is 120 cm³/mol.